The number of likely N-dealkylation sites (N-methyl/N-ethyl adjacent to an activating group) is 1. The summed E-state index contributed by atoms with van der Waals surface area (Å²) in [6.07, 6.45) is 3.87. The molecule has 2 rings (SSSR count). The molecule has 1 atom stereocenters. The van der Waals surface area contributed by atoms with Gasteiger partial charge < -0.3 is 10.0 Å². The smallest absolute Gasteiger partial charge is 0.307 e. The third kappa shape index (κ3) is 5.25. The van der Waals surface area contributed by atoms with E-state index in [0.717, 1.165) is 5.56 Å². The van der Waals surface area contributed by atoms with E-state index in [1.165, 1.54) is 0 Å². The van der Waals surface area contributed by atoms with Crippen LogP contribution in [0.2, 0.25) is 0 Å². The monoisotopic (exact) mass is 315 g/mol. The number of nitrogens with zero attached hydrogens (tertiary/aromatic N) is 3. The van der Waals surface area contributed by atoms with E-state index in [0.29, 0.717) is 19.5 Å². The topological polar surface area (TPSA) is 75.4 Å². The molecule has 2 aromatic rings. The fourth-order valence-corrected chi connectivity index (χ4v) is 2.32. The molecular weight excluding hydrogens is 294 g/mol. The second kappa shape index (κ2) is 8.12. The molecule has 0 unspecified atom stereocenters. The van der Waals surface area contributed by atoms with Gasteiger partial charge in [0.05, 0.1) is 12.5 Å². The van der Waals surface area contributed by atoms with Crippen LogP contribution in [0.3, 0.4) is 0 Å². The van der Waals surface area contributed by atoms with Gasteiger partial charge in [-0.15, -0.1) is 0 Å². The zero-order valence-corrected chi connectivity index (χ0v) is 13.1. The Labute approximate surface area is 135 Å². The second-order valence-corrected chi connectivity index (χ2v) is 5.51. The van der Waals surface area contributed by atoms with Crippen LogP contribution in [0.5, 0.6) is 0 Å². The van der Waals surface area contributed by atoms with Crippen molar-refractivity contribution >= 4 is 11.9 Å². The van der Waals surface area contributed by atoms with E-state index in [2.05, 4.69) is 5.10 Å². The first-order valence-electron chi connectivity index (χ1n) is 7.54. The molecule has 0 saturated heterocycles. The molecule has 0 aliphatic carbocycles. The standard InChI is InChI=1S/C17H21N3O3/c1-19(10-11-20-9-5-8-18-20)16(21)13-15(17(22)23)12-14-6-3-2-4-7-14/h2-9,15H,10-13H2,1H3,(H,22,23)/t15-/m0/s1. The van der Waals surface area contributed by atoms with Gasteiger partial charge in [0, 0.05) is 32.4 Å². The number of aliphatic carboxylic acids is 1. The minimum Gasteiger partial charge on any atom is -0.481 e. The van der Waals surface area contributed by atoms with Crippen LogP contribution in [-0.2, 0) is 22.6 Å². The maximum atomic E-state index is 12.2. The van der Waals surface area contributed by atoms with E-state index >= 15 is 0 Å². The molecule has 6 heteroatoms. The number of carboxylic acids is 1. The molecule has 0 spiro atoms. The van der Waals surface area contributed by atoms with Crippen LogP contribution < -0.4 is 0 Å². The van der Waals surface area contributed by atoms with Crippen LogP contribution in [0.1, 0.15) is 12.0 Å². The number of carboxylic acid groups (broad SMARTS) is 1. The van der Waals surface area contributed by atoms with E-state index in [1.807, 2.05) is 42.6 Å². The van der Waals surface area contributed by atoms with Gasteiger partial charge >= 0.3 is 5.97 Å². The van der Waals surface area contributed by atoms with Crippen molar-refractivity contribution in [3.8, 4) is 0 Å². The highest BCUT2D eigenvalue weighted by Crippen LogP contribution is 2.14. The molecule has 0 aliphatic heterocycles. The number of amides is 1. The second-order valence-electron chi connectivity index (χ2n) is 5.51. The molecule has 1 aromatic heterocycles. The molecule has 1 heterocycles. The number of rotatable bonds is 8. The molecule has 1 amide bonds. The fraction of sp³-hybridized carbons (Fsp3) is 0.353. The SMILES string of the molecule is CN(CCn1cccn1)C(=O)C[C@H](Cc1ccccc1)C(=O)O. The third-order valence-electron chi connectivity index (χ3n) is 3.74. The molecule has 0 fully saturated rings. The van der Waals surface area contributed by atoms with Crippen LogP contribution in [0.15, 0.2) is 48.8 Å². The average Bonchev–Trinajstić information content (AvgIpc) is 3.06. The van der Waals surface area contributed by atoms with Gasteiger partial charge in [-0.2, -0.15) is 5.10 Å². The number of carbonyl (C=O) groups excluding carboxylic acids is 1. The first kappa shape index (κ1) is 16.7. The van der Waals surface area contributed by atoms with Crippen LogP contribution in [0.4, 0.5) is 0 Å². The summed E-state index contributed by atoms with van der Waals surface area (Å²) in [5.41, 5.74) is 0.923. The lowest BCUT2D eigenvalue weighted by Gasteiger charge is -2.20. The minimum atomic E-state index is -0.942. The van der Waals surface area contributed by atoms with Crippen LogP contribution in [0, 0.1) is 5.92 Å². The van der Waals surface area contributed by atoms with Gasteiger partial charge in [0.2, 0.25) is 5.91 Å². The molecule has 0 radical (unpaired) electrons. The van der Waals surface area contributed by atoms with Crippen molar-refractivity contribution in [1.29, 1.82) is 0 Å². The van der Waals surface area contributed by atoms with Crippen molar-refractivity contribution in [3.05, 3.63) is 54.4 Å². The highest BCUT2D eigenvalue weighted by molar-refractivity contribution is 5.82. The molecular formula is C17H21N3O3. The highest BCUT2D eigenvalue weighted by Gasteiger charge is 2.23. The molecule has 1 aromatic carbocycles. The lowest BCUT2D eigenvalue weighted by molar-refractivity contribution is -0.145. The summed E-state index contributed by atoms with van der Waals surface area (Å²) in [6, 6.07) is 11.2. The summed E-state index contributed by atoms with van der Waals surface area (Å²) in [6.45, 7) is 1.09. The molecule has 6 nitrogen and oxygen atoms in total. The average molecular weight is 315 g/mol. The third-order valence-corrected chi connectivity index (χ3v) is 3.74. The van der Waals surface area contributed by atoms with Crippen molar-refractivity contribution in [3.63, 3.8) is 0 Å². The number of carbonyl (C=O) groups is 2. The molecule has 0 saturated carbocycles. The fourth-order valence-electron chi connectivity index (χ4n) is 2.32. The van der Waals surface area contributed by atoms with Crippen LogP contribution in [-0.4, -0.2) is 45.3 Å². The Hall–Kier alpha value is -2.63. The molecule has 0 aliphatic rings. The highest BCUT2D eigenvalue weighted by atomic mass is 16.4. The Bertz CT molecular complexity index is 626. The quantitative estimate of drug-likeness (QED) is 0.804. The number of hydrogen-bond donors (Lipinski definition) is 1. The van der Waals surface area contributed by atoms with Crippen LogP contribution in [0.25, 0.3) is 0 Å². The number of benzene rings is 1. The first-order chi connectivity index (χ1) is 11.1. The molecule has 23 heavy (non-hydrogen) atoms. The summed E-state index contributed by atoms with van der Waals surface area (Å²) >= 11 is 0. The van der Waals surface area contributed by atoms with Gasteiger partial charge in [0.15, 0.2) is 0 Å². The maximum Gasteiger partial charge on any atom is 0.307 e. The van der Waals surface area contributed by atoms with E-state index < -0.39 is 11.9 Å². The molecule has 0 bridgehead atoms. The van der Waals surface area contributed by atoms with Crippen molar-refractivity contribution in [2.75, 3.05) is 13.6 Å². The number of hydrogen-bond acceptors (Lipinski definition) is 3. The van der Waals surface area contributed by atoms with E-state index in [-0.39, 0.29) is 12.3 Å². The van der Waals surface area contributed by atoms with Gasteiger partial charge in [-0.1, -0.05) is 30.3 Å². The Kier molecular flexibility index (Phi) is 5.91. The van der Waals surface area contributed by atoms with E-state index in [1.54, 1.807) is 22.8 Å². The Morgan fingerprint density at radius 3 is 2.61 bits per heavy atom. The Morgan fingerprint density at radius 1 is 1.26 bits per heavy atom. The van der Waals surface area contributed by atoms with Crippen molar-refractivity contribution in [1.82, 2.24) is 14.7 Å². The van der Waals surface area contributed by atoms with Gasteiger partial charge in [-0.25, -0.2) is 0 Å². The Balaban J connectivity index is 1.88. The summed E-state index contributed by atoms with van der Waals surface area (Å²) in [7, 11) is 1.69. The Morgan fingerprint density at radius 2 is 2.00 bits per heavy atom. The summed E-state index contributed by atoms with van der Waals surface area (Å²) in [5, 5.41) is 13.4. The first-order valence-corrected chi connectivity index (χ1v) is 7.54. The minimum absolute atomic E-state index is 0.000164. The zero-order chi connectivity index (χ0) is 16.7. The van der Waals surface area contributed by atoms with E-state index in [9.17, 15) is 14.7 Å². The van der Waals surface area contributed by atoms with Gasteiger partial charge in [0.25, 0.3) is 0 Å². The number of aromatic nitrogens is 2. The van der Waals surface area contributed by atoms with Crippen molar-refractivity contribution in [2.45, 2.75) is 19.4 Å². The lowest BCUT2D eigenvalue weighted by Crippen LogP contribution is -2.33. The van der Waals surface area contributed by atoms with Crippen molar-refractivity contribution < 1.29 is 14.7 Å². The normalized spacial score (nSPS) is 11.9. The van der Waals surface area contributed by atoms with Gasteiger partial charge in [-0.05, 0) is 18.1 Å². The summed E-state index contributed by atoms with van der Waals surface area (Å²) in [4.78, 5) is 25.2. The molecule has 1 N–H and O–H groups in total. The van der Waals surface area contributed by atoms with E-state index in [4.69, 9.17) is 0 Å². The van der Waals surface area contributed by atoms with Gasteiger partial charge in [0.1, 0.15) is 0 Å². The summed E-state index contributed by atoms with van der Waals surface area (Å²) < 4.78 is 1.74. The predicted molar refractivity (Wildman–Crippen MR) is 85.8 cm³/mol. The van der Waals surface area contributed by atoms with Gasteiger partial charge in [-0.3, -0.25) is 14.3 Å². The zero-order valence-electron chi connectivity index (χ0n) is 13.1. The molecule has 122 valence electrons. The van der Waals surface area contributed by atoms with Crippen molar-refractivity contribution in [2.24, 2.45) is 5.92 Å². The summed E-state index contributed by atoms with van der Waals surface area (Å²) in [5.74, 6) is -1.82. The largest absolute Gasteiger partial charge is 0.481 e. The van der Waals surface area contributed by atoms with Crippen LogP contribution >= 0.6 is 0 Å². The predicted octanol–water partition coefficient (Wildman–Crippen LogP) is 1.68. The lowest BCUT2D eigenvalue weighted by atomic mass is 9.96. The maximum absolute atomic E-state index is 12.2.